The van der Waals surface area contributed by atoms with Gasteiger partial charge in [0.25, 0.3) is 0 Å². The molecule has 0 bridgehead atoms. The third kappa shape index (κ3) is 1.97. The lowest BCUT2D eigenvalue weighted by molar-refractivity contribution is 0.0753. The SMILES string of the molecule is CC1COC(CC2CCOC2)N1. The predicted molar refractivity (Wildman–Crippen MR) is 45.9 cm³/mol. The van der Waals surface area contributed by atoms with E-state index in [2.05, 4.69) is 12.2 Å². The first-order valence-electron chi connectivity index (χ1n) is 4.80. The van der Waals surface area contributed by atoms with Crippen LogP contribution >= 0.6 is 0 Å². The number of ether oxygens (including phenoxy) is 2. The first kappa shape index (κ1) is 8.48. The van der Waals surface area contributed by atoms with E-state index >= 15 is 0 Å². The molecule has 2 fully saturated rings. The molecule has 0 amide bonds. The molecule has 0 radical (unpaired) electrons. The summed E-state index contributed by atoms with van der Waals surface area (Å²) < 4.78 is 10.9. The van der Waals surface area contributed by atoms with Crippen molar-refractivity contribution in [1.82, 2.24) is 5.32 Å². The Kier molecular flexibility index (Phi) is 2.63. The monoisotopic (exact) mass is 171 g/mol. The van der Waals surface area contributed by atoms with Gasteiger partial charge in [-0.15, -0.1) is 0 Å². The minimum Gasteiger partial charge on any atom is -0.381 e. The van der Waals surface area contributed by atoms with Gasteiger partial charge in [0.1, 0.15) is 6.23 Å². The zero-order valence-corrected chi connectivity index (χ0v) is 7.58. The lowest BCUT2D eigenvalue weighted by atomic mass is 10.0. The number of hydrogen-bond donors (Lipinski definition) is 1. The quantitative estimate of drug-likeness (QED) is 0.665. The van der Waals surface area contributed by atoms with Gasteiger partial charge < -0.3 is 9.47 Å². The normalized spacial score (nSPS) is 42.2. The van der Waals surface area contributed by atoms with Crippen molar-refractivity contribution in [2.45, 2.75) is 32.0 Å². The predicted octanol–water partition coefficient (Wildman–Crippen LogP) is 0.747. The summed E-state index contributed by atoms with van der Waals surface area (Å²) in [6.45, 7) is 4.88. The molecular weight excluding hydrogens is 154 g/mol. The van der Waals surface area contributed by atoms with Crippen LogP contribution in [0, 0.1) is 5.92 Å². The summed E-state index contributed by atoms with van der Waals surface area (Å²) in [6, 6.07) is 0.525. The second kappa shape index (κ2) is 3.73. The van der Waals surface area contributed by atoms with Gasteiger partial charge in [0.2, 0.25) is 0 Å². The van der Waals surface area contributed by atoms with Crippen LogP contribution < -0.4 is 5.32 Å². The van der Waals surface area contributed by atoms with Crippen LogP contribution in [0.1, 0.15) is 19.8 Å². The lowest BCUT2D eigenvalue weighted by Gasteiger charge is -2.13. The van der Waals surface area contributed by atoms with Crippen LogP contribution in [0.5, 0.6) is 0 Å². The van der Waals surface area contributed by atoms with Crippen molar-refractivity contribution in [2.75, 3.05) is 19.8 Å². The summed E-state index contributed by atoms with van der Waals surface area (Å²) in [5.74, 6) is 0.716. The Bertz CT molecular complexity index is 145. The van der Waals surface area contributed by atoms with Gasteiger partial charge in [-0.1, -0.05) is 0 Å². The van der Waals surface area contributed by atoms with Crippen LogP contribution in [0.15, 0.2) is 0 Å². The minimum atomic E-state index is 0.284. The van der Waals surface area contributed by atoms with E-state index in [4.69, 9.17) is 9.47 Å². The Morgan fingerprint density at radius 3 is 2.92 bits per heavy atom. The van der Waals surface area contributed by atoms with Crippen molar-refractivity contribution >= 4 is 0 Å². The summed E-state index contributed by atoms with van der Waals surface area (Å²) in [7, 11) is 0. The van der Waals surface area contributed by atoms with Gasteiger partial charge in [0.05, 0.1) is 6.61 Å². The van der Waals surface area contributed by atoms with Crippen LogP contribution in [0.25, 0.3) is 0 Å². The molecule has 2 aliphatic heterocycles. The summed E-state index contributed by atoms with van der Waals surface area (Å²) >= 11 is 0. The molecule has 2 saturated heterocycles. The second-order valence-corrected chi connectivity index (χ2v) is 3.86. The molecule has 0 spiro atoms. The van der Waals surface area contributed by atoms with E-state index in [1.54, 1.807) is 0 Å². The molecule has 3 atom stereocenters. The van der Waals surface area contributed by atoms with Crippen LogP contribution in [0.2, 0.25) is 0 Å². The fraction of sp³-hybridized carbons (Fsp3) is 1.00. The van der Waals surface area contributed by atoms with E-state index in [0.29, 0.717) is 12.0 Å². The average molecular weight is 171 g/mol. The van der Waals surface area contributed by atoms with Gasteiger partial charge >= 0.3 is 0 Å². The molecule has 2 aliphatic rings. The van der Waals surface area contributed by atoms with Gasteiger partial charge in [-0.25, -0.2) is 0 Å². The van der Waals surface area contributed by atoms with E-state index in [-0.39, 0.29) is 6.23 Å². The third-order valence-electron chi connectivity index (χ3n) is 2.59. The van der Waals surface area contributed by atoms with Gasteiger partial charge in [-0.3, -0.25) is 5.32 Å². The van der Waals surface area contributed by atoms with Gasteiger partial charge in [0.15, 0.2) is 0 Å². The van der Waals surface area contributed by atoms with Gasteiger partial charge in [0, 0.05) is 19.3 Å². The maximum Gasteiger partial charge on any atom is 0.108 e. The molecule has 3 heteroatoms. The third-order valence-corrected chi connectivity index (χ3v) is 2.59. The van der Waals surface area contributed by atoms with E-state index in [0.717, 1.165) is 26.2 Å². The molecule has 3 unspecified atom stereocenters. The largest absolute Gasteiger partial charge is 0.381 e. The Balaban J connectivity index is 1.72. The molecule has 2 heterocycles. The molecule has 0 aliphatic carbocycles. The standard InChI is InChI=1S/C9H17NO2/c1-7-5-12-9(10-7)4-8-2-3-11-6-8/h7-10H,2-6H2,1H3. The molecule has 3 nitrogen and oxygen atoms in total. The molecular formula is C9H17NO2. The van der Waals surface area contributed by atoms with E-state index < -0.39 is 0 Å². The van der Waals surface area contributed by atoms with Crippen molar-refractivity contribution < 1.29 is 9.47 Å². The molecule has 12 heavy (non-hydrogen) atoms. The topological polar surface area (TPSA) is 30.5 Å². The summed E-state index contributed by atoms with van der Waals surface area (Å²) in [5.41, 5.74) is 0. The molecule has 70 valence electrons. The molecule has 2 rings (SSSR count). The molecule has 0 saturated carbocycles. The van der Waals surface area contributed by atoms with Gasteiger partial charge in [-0.2, -0.15) is 0 Å². The van der Waals surface area contributed by atoms with E-state index in [1.165, 1.54) is 6.42 Å². The maximum absolute atomic E-state index is 5.56. The van der Waals surface area contributed by atoms with Crippen molar-refractivity contribution in [3.05, 3.63) is 0 Å². The van der Waals surface area contributed by atoms with E-state index in [9.17, 15) is 0 Å². The second-order valence-electron chi connectivity index (χ2n) is 3.86. The highest BCUT2D eigenvalue weighted by atomic mass is 16.5. The highest BCUT2D eigenvalue weighted by Crippen LogP contribution is 2.20. The van der Waals surface area contributed by atoms with E-state index in [1.807, 2.05) is 0 Å². The van der Waals surface area contributed by atoms with Crippen molar-refractivity contribution in [3.63, 3.8) is 0 Å². The summed E-state index contributed by atoms with van der Waals surface area (Å²) in [4.78, 5) is 0. The first-order chi connectivity index (χ1) is 5.84. The van der Waals surface area contributed by atoms with Crippen molar-refractivity contribution in [2.24, 2.45) is 5.92 Å². The Labute approximate surface area is 73.4 Å². The van der Waals surface area contributed by atoms with Crippen LogP contribution in [0.4, 0.5) is 0 Å². The Morgan fingerprint density at radius 1 is 1.42 bits per heavy atom. The molecule has 0 aromatic rings. The molecule has 0 aromatic carbocycles. The first-order valence-corrected chi connectivity index (χ1v) is 4.80. The number of rotatable bonds is 2. The lowest BCUT2D eigenvalue weighted by Crippen LogP contribution is -2.30. The smallest absolute Gasteiger partial charge is 0.108 e. The fourth-order valence-corrected chi connectivity index (χ4v) is 1.88. The zero-order chi connectivity index (χ0) is 8.39. The summed E-state index contributed by atoms with van der Waals surface area (Å²) in [5, 5.41) is 3.40. The van der Waals surface area contributed by atoms with Gasteiger partial charge in [-0.05, 0) is 25.7 Å². The zero-order valence-electron chi connectivity index (χ0n) is 7.58. The van der Waals surface area contributed by atoms with Crippen LogP contribution in [0.3, 0.4) is 0 Å². The van der Waals surface area contributed by atoms with Crippen LogP contribution in [-0.2, 0) is 9.47 Å². The maximum atomic E-state index is 5.56. The number of nitrogens with one attached hydrogen (secondary N) is 1. The average Bonchev–Trinajstić information content (AvgIpc) is 2.63. The fourth-order valence-electron chi connectivity index (χ4n) is 1.88. The van der Waals surface area contributed by atoms with Crippen molar-refractivity contribution in [1.29, 1.82) is 0 Å². The highest BCUT2D eigenvalue weighted by Gasteiger charge is 2.26. The van der Waals surface area contributed by atoms with Crippen molar-refractivity contribution in [3.8, 4) is 0 Å². The minimum absolute atomic E-state index is 0.284. The Hall–Kier alpha value is -0.120. The number of hydrogen-bond acceptors (Lipinski definition) is 3. The molecule has 1 N–H and O–H groups in total. The summed E-state index contributed by atoms with van der Waals surface area (Å²) in [6.07, 6.45) is 2.60. The Morgan fingerprint density at radius 2 is 2.33 bits per heavy atom. The van der Waals surface area contributed by atoms with Crippen LogP contribution in [-0.4, -0.2) is 32.1 Å². The highest BCUT2D eigenvalue weighted by molar-refractivity contribution is 4.75. The molecule has 0 aromatic heterocycles.